The van der Waals surface area contributed by atoms with Crippen molar-refractivity contribution in [1.29, 1.82) is 0 Å². The third-order valence-electron chi connectivity index (χ3n) is 1.26. The molecular weight excluding hydrogens is 208 g/mol. The van der Waals surface area contributed by atoms with Gasteiger partial charge in [-0.2, -0.15) is 0 Å². The Morgan fingerprint density at radius 2 is 1.62 bits per heavy atom. The van der Waals surface area contributed by atoms with Gasteiger partial charge in [0, 0.05) is 12.8 Å². The van der Waals surface area contributed by atoms with Crippen molar-refractivity contribution >= 4 is 49.7 Å². The fourth-order valence-corrected chi connectivity index (χ4v) is 0.593. The summed E-state index contributed by atoms with van der Waals surface area (Å²) >= 11 is 0. The van der Waals surface area contributed by atoms with Crippen molar-refractivity contribution in [2.24, 2.45) is 0 Å². The third-order valence-corrected chi connectivity index (χ3v) is 1.26. The molecule has 0 aliphatic heterocycles. The Bertz CT molecular complexity index is 190. The van der Waals surface area contributed by atoms with E-state index in [4.69, 9.17) is 20.4 Å². The first-order valence-corrected chi connectivity index (χ1v) is 3.26. The minimum atomic E-state index is -2.81. The molecule has 0 aromatic carbocycles. The molecule has 0 spiro atoms. The zero-order valence-corrected chi connectivity index (χ0v) is 9.14. The third kappa shape index (κ3) is 7.21. The molecule has 0 rings (SSSR count). The van der Waals surface area contributed by atoms with Gasteiger partial charge in [0.25, 0.3) is 5.79 Å². The molecule has 0 aromatic rings. The van der Waals surface area contributed by atoms with Crippen molar-refractivity contribution in [3.8, 4) is 0 Å². The molecular formula is C6H10CaO6+2. The molecule has 0 radical (unpaired) electrons. The van der Waals surface area contributed by atoms with Gasteiger partial charge in [-0.05, 0) is 6.42 Å². The second-order valence-corrected chi connectivity index (χ2v) is 2.37. The Morgan fingerprint density at radius 3 is 1.92 bits per heavy atom. The first-order chi connectivity index (χ1) is 5.36. The van der Waals surface area contributed by atoms with Gasteiger partial charge in [-0.25, -0.2) is 4.79 Å². The van der Waals surface area contributed by atoms with Crippen molar-refractivity contribution in [1.82, 2.24) is 0 Å². The van der Waals surface area contributed by atoms with Crippen LogP contribution in [0, 0.1) is 0 Å². The molecule has 4 N–H and O–H groups in total. The molecule has 0 saturated carbocycles. The van der Waals surface area contributed by atoms with E-state index in [1.807, 2.05) is 0 Å². The monoisotopic (exact) mass is 218 g/mol. The number of rotatable bonds is 5. The van der Waals surface area contributed by atoms with Crippen LogP contribution in [0.5, 0.6) is 0 Å². The Morgan fingerprint density at radius 1 is 1.15 bits per heavy atom. The minimum absolute atomic E-state index is 0. The van der Waals surface area contributed by atoms with Gasteiger partial charge in [-0.3, -0.25) is 4.79 Å². The Kier molecular flexibility index (Phi) is 7.86. The van der Waals surface area contributed by atoms with E-state index in [0.717, 1.165) is 0 Å². The van der Waals surface area contributed by atoms with Crippen molar-refractivity contribution in [3.63, 3.8) is 0 Å². The van der Waals surface area contributed by atoms with Gasteiger partial charge in [0.1, 0.15) is 0 Å². The van der Waals surface area contributed by atoms with Gasteiger partial charge >= 0.3 is 49.7 Å². The molecule has 0 atom stereocenters. The van der Waals surface area contributed by atoms with Gasteiger partial charge in [-0.15, -0.1) is 0 Å². The van der Waals surface area contributed by atoms with Crippen molar-refractivity contribution < 1.29 is 30.0 Å². The maximum Gasteiger partial charge on any atom is 2.00 e. The molecule has 0 heterocycles. The van der Waals surface area contributed by atoms with Crippen LogP contribution in [0.2, 0.25) is 0 Å². The number of hydrogen-bond donors (Lipinski definition) is 4. The maximum absolute atomic E-state index is 10.0. The largest absolute Gasteiger partial charge is 2.00 e. The summed E-state index contributed by atoms with van der Waals surface area (Å²) in [5, 5.41) is 33.6. The maximum atomic E-state index is 10.0. The summed E-state index contributed by atoms with van der Waals surface area (Å²) in [4.78, 5) is 20.0. The topological polar surface area (TPSA) is 115 Å². The predicted octanol–water partition coefficient (Wildman–Crippen LogP) is -1.37. The molecule has 0 aliphatic carbocycles. The van der Waals surface area contributed by atoms with Crippen molar-refractivity contribution in [2.45, 2.75) is 25.0 Å². The van der Waals surface area contributed by atoms with Crippen LogP contribution < -0.4 is 0 Å². The molecule has 70 valence electrons. The average Bonchev–Trinajstić information content (AvgIpc) is 1.85. The van der Waals surface area contributed by atoms with E-state index < -0.39 is 24.1 Å². The summed E-state index contributed by atoms with van der Waals surface area (Å²) in [6.45, 7) is 0. The summed E-state index contributed by atoms with van der Waals surface area (Å²) in [6.07, 6.45) is -0.862. The van der Waals surface area contributed by atoms with E-state index in [0.29, 0.717) is 0 Å². The first kappa shape index (κ1) is 15.6. The molecule has 13 heavy (non-hydrogen) atoms. The normalized spacial score (nSPS) is 10.3. The van der Waals surface area contributed by atoms with Gasteiger partial charge in [0.2, 0.25) is 0 Å². The quantitative estimate of drug-likeness (QED) is 0.334. The van der Waals surface area contributed by atoms with E-state index in [-0.39, 0.29) is 50.6 Å². The van der Waals surface area contributed by atoms with E-state index in [1.165, 1.54) is 0 Å². The smallest absolute Gasteiger partial charge is 0.481 e. The van der Waals surface area contributed by atoms with Gasteiger partial charge in [-0.1, -0.05) is 0 Å². The van der Waals surface area contributed by atoms with E-state index >= 15 is 0 Å². The number of carbonyl (C=O) groups is 2. The number of carboxylic acids is 2. The van der Waals surface area contributed by atoms with Gasteiger partial charge in [0.05, 0.1) is 0 Å². The molecule has 0 unspecified atom stereocenters. The Hall–Kier alpha value is 0.120. The summed E-state index contributed by atoms with van der Waals surface area (Å²) in [5.41, 5.74) is 0. The standard InChI is InChI=1S/C6H10O6.Ca/c7-4(8)2-1-3-6(11,12)5(9)10;/h11-12H,1-3H2,(H,7,8)(H,9,10);/q;+2. The summed E-state index contributed by atoms with van der Waals surface area (Å²) in [6, 6.07) is 0. The van der Waals surface area contributed by atoms with E-state index in [9.17, 15) is 9.59 Å². The first-order valence-electron chi connectivity index (χ1n) is 3.26. The fourth-order valence-electron chi connectivity index (χ4n) is 0.593. The zero-order valence-electron chi connectivity index (χ0n) is 6.93. The second-order valence-electron chi connectivity index (χ2n) is 2.37. The summed E-state index contributed by atoms with van der Waals surface area (Å²) < 4.78 is 0. The van der Waals surface area contributed by atoms with Crippen LogP contribution in [0.25, 0.3) is 0 Å². The SMILES string of the molecule is O=C(O)CCCC(O)(O)C(=O)O.[Ca+2]. The molecule has 0 amide bonds. The summed E-state index contributed by atoms with van der Waals surface area (Å²) in [7, 11) is 0. The number of aliphatic carboxylic acids is 2. The van der Waals surface area contributed by atoms with Crippen LogP contribution in [0.3, 0.4) is 0 Å². The van der Waals surface area contributed by atoms with Crippen LogP contribution in [0.15, 0.2) is 0 Å². The zero-order chi connectivity index (χ0) is 9.78. The molecule has 0 fully saturated rings. The Labute approximate surface area is 104 Å². The summed E-state index contributed by atoms with van der Waals surface area (Å²) in [5.74, 6) is -5.68. The fraction of sp³-hybridized carbons (Fsp3) is 0.667. The van der Waals surface area contributed by atoms with Crippen LogP contribution in [0.1, 0.15) is 19.3 Å². The van der Waals surface area contributed by atoms with Crippen LogP contribution in [-0.4, -0.2) is 75.9 Å². The van der Waals surface area contributed by atoms with Gasteiger partial charge < -0.3 is 20.4 Å². The minimum Gasteiger partial charge on any atom is -0.481 e. The average molecular weight is 218 g/mol. The molecule has 0 aliphatic rings. The second kappa shape index (κ2) is 6.56. The van der Waals surface area contributed by atoms with Crippen LogP contribution >= 0.6 is 0 Å². The number of aliphatic hydroxyl groups is 2. The number of carboxylic acid groups (broad SMARTS) is 2. The van der Waals surface area contributed by atoms with Crippen LogP contribution in [0.4, 0.5) is 0 Å². The molecule has 0 bridgehead atoms. The van der Waals surface area contributed by atoms with E-state index in [1.54, 1.807) is 0 Å². The molecule has 6 nitrogen and oxygen atoms in total. The van der Waals surface area contributed by atoms with Crippen molar-refractivity contribution in [3.05, 3.63) is 0 Å². The molecule has 0 aromatic heterocycles. The number of hydrogen-bond acceptors (Lipinski definition) is 4. The Balaban J connectivity index is 0. The van der Waals surface area contributed by atoms with Crippen LogP contribution in [-0.2, 0) is 9.59 Å². The van der Waals surface area contributed by atoms with Gasteiger partial charge in [0.15, 0.2) is 0 Å². The van der Waals surface area contributed by atoms with E-state index in [2.05, 4.69) is 0 Å². The predicted molar refractivity (Wildman–Crippen MR) is 42.0 cm³/mol. The van der Waals surface area contributed by atoms with Crippen molar-refractivity contribution in [2.75, 3.05) is 0 Å². The molecule has 0 saturated heterocycles. The molecule has 7 heteroatoms.